The van der Waals surface area contributed by atoms with Gasteiger partial charge in [-0.2, -0.15) is 0 Å². The van der Waals surface area contributed by atoms with E-state index in [4.69, 9.17) is 14.7 Å². The van der Waals surface area contributed by atoms with Crippen LogP contribution in [0.1, 0.15) is 23.2 Å². The summed E-state index contributed by atoms with van der Waals surface area (Å²) < 4.78 is 8.67. The fourth-order valence-electron chi connectivity index (χ4n) is 8.47. The summed E-state index contributed by atoms with van der Waals surface area (Å²) in [6.07, 6.45) is 14.3. The van der Waals surface area contributed by atoms with E-state index >= 15 is 0 Å². The number of hydrogen-bond donors (Lipinski definition) is 0. The highest BCUT2D eigenvalue weighted by atomic mass is 16.5. The number of hydrogen-bond acceptors (Lipinski definition) is 3. The van der Waals surface area contributed by atoms with Crippen LogP contribution >= 0.6 is 0 Å². The molecule has 50 heavy (non-hydrogen) atoms. The lowest BCUT2D eigenvalue weighted by molar-refractivity contribution is 0.488. The SMILES string of the molecule is C1=Cc2c(c3c(c4ccccc4n3-c3nc4cc(n3)-c3ccc5ccccc5c3O/C=C/C=C\4)c3c4ccccc4c4ccccc4c23)CC1. The molecule has 4 heteroatoms. The van der Waals surface area contributed by atoms with Crippen LogP contribution in [0.15, 0.2) is 140 Å². The van der Waals surface area contributed by atoms with Gasteiger partial charge in [0.05, 0.1) is 28.7 Å². The maximum absolute atomic E-state index is 6.34. The van der Waals surface area contributed by atoms with Crippen molar-refractivity contribution in [3.63, 3.8) is 0 Å². The van der Waals surface area contributed by atoms with Gasteiger partial charge in [-0.3, -0.25) is 4.57 Å². The molecule has 0 spiro atoms. The Balaban J connectivity index is 1.33. The molecule has 3 heterocycles. The Kier molecular flexibility index (Phi) is 5.75. The van der Waals surface area contributed by atoms with Gasteiger partial charge in [-0.25, -0.2) is 9.97 Å². The van der Waals surface area contributed by atoms with E-state index in [1.807, 2.05) is 18.2 Å². The molecule has 0 fully saturated rings. The molecule has 0 saturated carbocycles. The molecule has 4 nitrogen and oxygen atoms in total. The number of aromatic nitrogens is 3. The van der Waals surface area contributed by atoms with Crippen LogP contribution in [0.3, 0.4) is 0 Å². The summed E-state index contributed by atoms with van der Waals surface area (Å²) in [5.74, 6) is 1.44. The maximum Gasteiger partial charge on any atom is 0.235 e. The Hall–Kier alpha value is -6.52. The Morgan fingerprint density at radius 2 is 1.32 bits per heavy atom. The predicted octanol–water partition coefficient (Wildman–Crippen LogP) is 11.7. The van der Waals surface area contributed by atoms with Crippen molar-refractivity contribution in [2.45, 2.75) is 12.8 Å². The average Bonchev–Trinajstić information content (AvgIpc) is 3.53. The van der Waals surface area contributed by atoms with Gasteiger partial charge in [-0.15, -0.1) is 0 Å². The zero-order valence-electron chi connectivity index (χ0n) is 27.1. The standard InChI is InChI=1S/C46H29N3O/c1-2-15-30-28(13-1)24-25-37-39-27-29(14-11-12-26-50-45(30)37)47-46(48-39)49-40-23-10-9-22-38(40)43-42-34-19-6-4-17-32(34)31-16-3-5-18-33(31)41(42)35-20-7-8-21-36(35)44(43)49/h1-7,9-20,22-27H,8,21H2/b14-11-,26-12+. The van der Waals surface area contributed by atoms with Crippen LogP contribution in [0.25, 0.3) is 94.3 Å². The van der Waals surface area contributed by atoms with Crippen LogP contribution in [0, 0.1) is 0 Å². The Bertz CT molecular complexity index is 3020. The third kappa shape index (κ3) is 3.81. The Morgan fingerprint density at radius 3 is 2.16 bits per heavy atom. The fraction of sp³-hybridized carbons (Fsp3) is 0.0435. The predicted molar refractivity (Wildman–Crippen MR) is 208 cm³/mol. The first kappa shape index (κ1) is 27.4. The van der Waals surface area contributed by atoms with E-state index < -0.39 is 0 Å². The summed E-state index contributed by atoms with van der Waals surface area (Å²) in [4.78, 5) is 10.7. The minimum Gasteiger partial charge on any atom is -0.464 e. The van der Waals surface area contributed by atoms with Crippen LogP contribution in [-0.4, -0.2) is 14.5 Å². The largest absolute Gasteiger partial charge is 0.464 e. The number of para-hydroxylation sites is 1. The van der Waals surface area contributed by atoms with Crippen molar-refractivity contribution >= 4 is 77.0 Å². The lowest BCUT2D eigenvalue weighted by Crippen LogP contribution is -2.07. The van der Waals surface area contributed by atoms with Gasteiger partial charge >= 0.3 is 0 Å². The molecule has 1 aliphatic carbocycles. The third-order valence-electron chi connectivity index (χ3n) is 10.5. The second-order valence-electron chi connectivity index (χ2n) is 13.2. The molecule has 9 aromatic rings. The van der Waals surface area contributed by atoms with Crippen molar-refractivity contribution < 1.29 is 4.74 Å². The van der Waals surface area contributed by atoms with Gasteiger partial charge in [0.1, 0.15) is 5.75 Å². The van der Waals surface area contributed by atoms with Gasteiger partial charge in [-0.05, 0) is 86.6 Å². The average molecular weight is 640 g/mol. The smallest absolute Gasteiger partial charge is 0.235 e. The molecule has 0 atom stereocenters. The highest BCUT2D eigenvalue weighted by Gasteiger charge is 2.26. The van der Waals surface area contributed by atoms with Crippen molar-refractivity contribution in [3.05, 3.63) is 157 Å². The summed E-state index contributed by atoms with van der Waals surface area (Å²) >= 11 is 0. The van der Waals surface area contributed by atoms with Crippen LogP contribution in [0.5, 0.6) is 5.75 Å². The summed E-state index contributed by atoms with van der Waals surface area (Å²) in [6, 6.07) is 41.2. The van der Waals surface area contributed by atoms with E-state index in [1.54, 1.807) is 6.26 Å². The number of allylic oxidation sites excluding steroid dienone is 3. The van der Waals surface area contributed by atoms with Gasteiger partial charge in [0.25, 0.3) is 0 Å². The van der Waals surface area contributed by atoms with Crippen molar-refractivity contribution in [3.8, 4) is 23.0 Å². The molecule has 0 unspecified atom stereocenters. The van der Waals surface area contributed by atoms with E-state index in [0.717, 1.165) is 51.8 Å². The van der Waals surface area contributed by atoms with Gasteiger partial charge in [0, 0.05) is 27.1 Å². The number of fused-ring (bicyclic) bond motifs is 19. The molecule has 0 saturated heterocycles. The lowest BCUT2D eigenvalue weighted by Gasteiger charge is -2.21. The molecule has 234 valence electrons. The van der Waals surface area contributed by atoms with Crippen molar-refractivity contribution in [1.82, 2.24) is 14.5 Å². The van der Waals surface area contributed by atoms with Crippen LogP contribution in [0.4, 0.5) is 0 Å². The fourth-order valence-corrected chi connectivity index (χ4v) is 8.47. The number of aryl methyl sites for hydroxylation is 1. The molecule has 0 radical (unpaired) electrons. The van der Waals surface area contributed by atoms with Crippen molar-refractivity contribution in [2.24, 2.45) is 0 Å². The molecular formula is C46H29N3O. The van der Waals surface area contributed by atoms with Crippen LogP contribution < -0.4 is 4.74 Å². The first-order chi connectivity index (χ1) is 24.8. The molecule has 7 aromatic carbocycles. The molecular weight excluding hydrogens is 611 g/mol. The molecule has 2 aliphatic rings. The van der Waals surface area contributed by atoms with Crippen molar-refractivity contribution in [1.29, 1.82) is 0 Å². The molecule has 11 rings (SSSR count). The van der Waals surface area contributed by atoms with Crippen LogP contribution in [0.2, 0.25) is 0 Å². The quantitative estimate of drug-likeness (QED) is 0.168. The van der Waals surface area contributed by atoms with Gasteiger partial charge in [0.2, 0.25) is 5.95 Å². The normalized spacial score (nSPS) is 15.0. The van der Waals surface area contributed by atoms with E-state index in [-0.39, 0.29) is 0 Å². The number of nitrogens with zero attached hydrogens (tertiary/aromatic N) is 3. The first-order valence-corrected chi connectivity index (χ1v) is 17.2. The third-order valence-corrected chi connectivity index (χ3v) is 10.5. The molecule has 0 amide bonds. The molecule has 2 aromatic heterocycles. The highest BCUT2D eigenvalue weighted by Crippen LogP contribution is 2.48. The number of ether oxygens (including phenoxy) is 1. The topological polar surface area (TPSA) is 39.9 Å². The zero-order chi connectivity index (χ0) is 32.8. The number of benzene rings is 7. The molecule has 2 bridgehead atoms. The number of rotatable bonds is 1. The summed E-state index contributed by atoms with van der Waals surface area (Å²) in [5, 5.41) is 12.4. The van der Waals surface area contributed by atoms with Crippen LogP contribution in [-0.2, 0) is 6.42 Å². The molecule has 0 N–H and O–H groups in total. The van der Waals surface area contributed by atoms with E-state index in [0.29, 0.717) is 5.95 Å². The van der Waals surface area contributed by atoms with E-state index in [1.165, 1.54) is 59.7 Å². The molecule has 1 aliphatic heterocycles. The lowest BCUT2D eigenvalue weighted by atomic mass is 9.84. The van der Waals surface area contributed by atoms with Crippen molar-refractivity contribution in [2.75, 3.05) is 0 Å². The summed E-state index contributed by atoms with van der Waals surface area (Å²) in [6.45, 7) is 0. The van der Waals surface area contributed by atoms with Gasteiger partial charge in [-0.1, -0.05) is 115 Å². The monoisotopic (exact) mass is 639 g/mol. The second-order valence-corrected chi connectivity index (χ2v) is 13.2. The Labute approximate surface area is 287 Å². The Morgan fingerprint density at radius 1 is 0.600 bits per heavy atom. The van der Waals surface area contributed by atoms with Gasteiger partial charge < -0.3 is 4.74 Å². The minimum atomic E-state index is 0.651. The maximum atomic E-state index is 6.34. The first-order valence-electron chi connectivity index (χ1n) is 17.2. The zero-order valence-corrected chi connectivity index (χ0v) is 27.1. The highest BCUT2D eigenvalue weighted by molar-refractivity contribution is 6.37. The van der Waals surface area contributed by atoms with E-state index in [2.05, 4.69) is 132 Å². The second kappa shape index (κ2) is 10.5. The summed E-state index contributed by atoms with van der Waals surface area (Å²) in [5.41, 5.74) is 7.52. The van der Waals surface area contributed by atoms with Gasteiger partial charge in [0.15, 0.2) is 0 Å². The minimum absolute atomic E-state index is 0.651. The van der Waals surface area contributed by atoms with E-state index in [9.17, 15) is 0 Å². The summed E-state index contributed by atoms with van der Waals surface area (Å²) in [7, 11) is 0.